The SMILES string of the molecule is COC(=O)c1cccc(C(=O)OC)c1.O=Cc1cccc(C2(O)CCCCC2)c1. The van der Waals surface area contributed by atoms with Crippen LogP contribution >= 0.6 is 0 Å². The number of benzene rings is 2. The molecule has 0 amide bonds. The van der Waals surface area contributed by atoms with Gasteiger partial charge in [-0.25, -0.2) is 9.59 Å². The lowest BCUT2D eigenvalue weighted by atomic mass is 9.79. The van der Waals surface area contributed by atoms with Gasteiger partial charge in [0.05, 0.1) is 30.9 Å². The van der Waals surface area contributed by atoms with Crippen molar-refractivity contribution in [2.75, 3.05) is 14.2 Å². The largest absolute Gasteiger partial charge is 0.465 e. The Kier molecular flexibility index (Phi) is 8.09. The highest BCUT2D eigenvalue weighted by Crippen LogP contribution is 2.36. The monoisotopic (exact) mass is 398 g/mol. The molecule has 0 aromatic heterocycles. The van der Waals surface area contributed by atoms with Gasteiger partial charge in [0, 0.05) is 5.56 Å². The second kappa shape index (κ2) is 10.5. The molecule has 1 fully saturated rings. The first-order chi connectivity index (χ1) is 13.9. The van der Waals surface area contributed by atoms with Crippen LogP contribution in [0.3, 0.4) is 0 Å². The van der Waals surface area contributed by atoms with E-state index in [0.29, 0.717) is 16.7 Å². The number of aliphatic hydroxyl groups is 1. The van der Waals surface area contributed by atoms with Crippen LogP contribution in [0.15, 0.2) is 48.5 Å². The average Bonchev–Trinajstić information content (AvgIpc) is 2.79. The van der Waals surface area contributed by atoms with E-state index in [4.69, 9.17) is 0 Å². The zero-order valence-corrected chi connectivity index (χ0v) is 16.7. The van der Waals surface area contributed by atoms with Gasteiger partial charge < -0.3 is 14.6 Å². The van der Waals surface area contributed by atoms with Crippen LogP contribution in [-0.2, 0) is 15.1 Å². The highest BCUT2D eigenvalue weighted by atomic mass is 16.5. The van der Waals surface area contributed by atoms with Crippen LogP contribution in [0.2, 0.25) is 0 Å². The van der Waals surface area contributed by atoms with E-state index in [9.17, 15) is 19.5 Å². The summed E-state index contributed by atoms with van der Waals surface area (Å²) in [4.78, 5) is 32.9. The van der Waals surface area contributed by atoms with E-state index in [0.717, 1.165) is 37.5 Å². The molecule has 2 aromatic carbocycles. The number of carbonyl (C=O) groups excluding carboxylic acids is 3. The molecule has 0 saturated heterocycles. The lowest BCUT2D eigenvalue weighted by Crippen LogP contribution is -2.28. The summed E-state index contributed by atoms with van der Waals surface area (Å²) in [7, 11) is 2.57. The van der Waals surface area contributed by atoms with Gasteiger partial charge >= 0.3 is 11.9 Å². The predicted molar refractivity (Wildman–Crippen MR) is 108 cm³/mol. The van der Waals surface area contributed by atoms with Gasteiger partial charge in [0.25, 0.3) is 0 Å². The molecule has 1 saturated carbocycles. The van der Waals surface area contributed by atoms with E-state index in [1.54, 1.807) is 30.3 Å². The maximum Gasteiger partial charge on any atom is 0.337 e. The van der Waals surface area contributed by atoms with Crippen molar-refractivity contribution in [3.63, 3.8) is 0 Å². The molecule has 29 heavy (non-hydrogen) atoms. The molecule has 0 radical (unpaired) electrons. The number of rotatable bonds is 4. The third kappa shape index (κ3) is 5.99. The summed E-state index contributed by atoms with van der Waals surface area (Å²) < 4.78 is 9.03. The van der Waals surface area contributed by atoms with Crippen LogP contribution in [0.4, 0.5) is 0 Å². The van der Waals surface area contributed by atoms with Crippen molar-refractivity contribution in [2.45, 2.75) is 37.7 Å². The fourth-order valence-corrected chi connectivity index (χ4v) is 3.34. The first-order valence-electron chi connectivity index (χ1n) is 9.48. The van der Waals surface area contributed by atoms with Gasteiger partial charge in [-0.2, -0.15) is 0 Å². The van der Waals surface area contributed by atoms with Gasteiger partial charge in [-0.15, -0.1) is 0 Å². The molecule has 1 aliphatic rings. The van der Waals surface area contributed by atoms with Crippen LogP contribution in [0.1, 0.15) is 68.7 Å². The molecule has 0 atom stereocenters. The quantitative estimate of drug-likeness (QED) is 0.620. The molecule has 1 N–H and O–H groups in total. The minimum atomic E-state index is -0.697. The lowest BCUT2D eigenvalue weighted by Gasteiger charge is -2.32. The maximum atomic E-state index is 11.1. The van der Waals surface area contributed by atoms with Crippen molar-refractivity contribution in [1.29, 1.82) is 0 Å². The van der Waals surface area contributed by atoms with E-state index >= 15 is 0 Å². The lowest BCUT2D eigenvalue weighted by molar-refractivity contribution is -0.000658. The smallest absolute Gasteiger partial charge is 0.337 e. The summed E-state index contributed by atoms with van der Waals surface area (Å²) in [5.74, 6) is -0.952. The van der Waals surface area contributed by atoms with Gasteiger partial charge in [-0.05, 0) is 42.7 Å². The maximum absolute atomic E-state index is 11.1. The second-order valence-corrected chi connectivity index (χ2v) is 6.90. The van der Waals surface area contributed by atoms with Gasteiger partial charge in [0.15, 0.2) is 0 Å². The highest BCUT2D eigenvalue weighted by molar-refractivity contribution is 5.95. The molecular formula is C23H26O6. The van der Waals surface area contributed by atoms with Gasteiger partial charge in [0.1, 0.15) is 6.29 Å². The Morgan fingerprint density at radius 2 is 1.45 bits per heavy atom. The number of aldehydes is 1. The zero-order valence-electron chi connectivity index (χ0n) is 16.7. The molecule has 0 aliphatic heterocycles. The Balaban J connectivity index is 0.000000208. The Morgan fingerprint density at radius 1 is 0.897 bits per heavy atom. The van der Waals surface area contributed by atoms with Crippen molar-refractivity contribution < 1.29 is 29.0 Å². The average molecular weight is 398 g/mol. The molecule has 1 aliphatic carbocycles. The molecule has 6 heteroatoms. The van der Waals surface area contributed by atoms with Gasteiger partial charge in [-0.1, -0.05) is 43.5 Å². The summed E-state index contributed by atoms with van der Waals surface area (Å²) in [6, 6.07) is 13.5. The first kappa shape index (κ1) is 22.3. The number of ether oxygens (including phenoxy) is 2. The van der Waals surface area contributed by atoms with Crippen LogP contribution in [-0.4, -0.2) is 37.6 Å². The number of hydrogen-bond acceptors (Lipinski definition) is 6. The topological polar surface area (TPSA) is 89.9 Å². The molecule has 0 spiro atoms. The van der Waals surface area contributed by atoms with Crippen molar-refractivity contribution in [2.24, 2.45) is 0 Å². The Hall–Kier alpha value is -2.99. The predicted octanol–water partition coefficient (Wildman–Crippen LogP) is 3.91. The Bertz CT molecular complexity index is 821. The zero-order chi connectivity index (χ0) is 21.3. The fourth-order valence-electron chi connectivity index (χ4n) is 3.34. The highest BCUT2D eigenvalue weighted by Gasteiger charge is 2.30. The molecular weight excluding hydrogens is 372 g/mol. The molecule has 0 bridgehead atoms. The Morgan fingerprint density at radius 3 is 1.97 bits per heavy atom. The van der Waals surface area contributed by atoms with Crippen molar-refractivity contribution in [3.8, 4) is 0 Å². The van der Waals surface area contributed by atoms with E-state index in [-0.39, 0.29) is 0 Å². The summed E-state index contributed by atoms with van der Waals surface area (Å²) in [5.41, 5.74) is 1.50. The third-order valence-corrected chi connectivity index (χ3v) is 4.95. The van der Waals surface area contributed by atoms with Crippen LogP contribution < -0.4 is 0 Å². The Labute approximate surface area is 170 Å². The molecule has 154 valence electrons. The minimum absolute atomic E-state index is 0.329. The molecule has 0 heterocycles. The number of hydrogen-bond donors (Lipinski definition) is 1. The van der Waals surface area contributed by atoms with E-state index in [1.165, 1.54) is 26.7 Å². The van der Waals surface area contributed by atoms with Crippen LogP contribution in [0, 0.1) is 0 Å². The summed E-state index contributed by atoms with van der Waals surface area (Å²) in [6.07, 6.45) is 5.81. The third-order valence-electron chi connectivity index (χ3n) is 4.95. The number of esters is 2. The number of methoxy groups -OCH3 is 2. The molecule has 3 rings (SSSR count). The van der Waals surface area contributed by atoms with E-state index < -0.39 is 17.5 Å². The summed E-state index contributed by atoms with van der Waals surface area (Å²) in [5, 5.41) is 10.4. The van der Waals surface area contributed by atoms with Crippen LogP contribution in [0.25, 0.3) is 0 Å². The molecule has 6 nitrogen and oxygen atoms in total. The van der Waals surface area contributed by atoms with Crippen molar-refractivity contribution >= 4 is 18.2 Å². The first-order valence-corrected chi connectivity index (χ1v) is 9.48. The summed E-state index contributed by atoms with van der Waals surface area (Å²) >= 11 is 0. The fraction of sp³-hybridized carbons (Fsp3) is 0.348. The second-order valence-electron chi connectivity index (χ2n) is 6.90. The van der Waals surface area contributed by atoms with Crippen molar-refractivity contribution in [3.05, 3.63) is 70.8 Å². The van der Waals surface area contributed by atoms with Crippen LogP contribution in [0.5, 0.6) is 0 Å². The van der Waals surface area contributed by atoms with E-state index in [1.807, 2.05) is 12.1 Å². The normalized spacial score (nSPS) is 14.7. The van der Waals surface area contributed by atoms with Gasteiger partial charge in [0.2, 0.25) is 0 Å². The minimum Gasteiger partial charge on any atom is -0.465 e. The molecule has 0 unspecified atom stereocenters. The standard InChI is InChI=1S/C13H16O2.C10H10O4/c14-10-11-5-4-6-12(9-11)13(15)7-2-1-3-8-13;1-13-9(11)7-4-3-5-8(6-7)10(12)14-2/h4-6,9-10,15H,1-3,7-8H2;3-6H,1-2H3. The summed E-state index contributed by atoms with van der Waals surface area (Å²) in [6.45, 7) is 0. The van der Waals surface area contributed by atoms with E-state index in [2.05, 4.69) is 9.47 Å². The van der Waals surface area contributed by atoms with Gasteiger partial charge in [-0.3, -0.25) is 4.79 Å². The molecule has 2 aromatic rings. The van der Waals surface area contributed by atoms with Crippen molar-refractivity contribution in [1.82, 2.24) is 0 Å². The number of carbonyl (C=O) groups is 3.